The average Bonchev–Trinajstić information content (AvgIpc) is 2.39. The lowest BCUT2D eigenvalue weighted by atomic mass is 10.2. The van der Waals surface area contributed by atoms with Gasteiger partial charge in [0.15, 0.2) is 0 Å². The Morgan fingerprint density at radius 2 is 2.05 bits per heavy atom. The van der Waals surface area contributed by atoms with Gasteiger partial charge in [-0.3, -0.25) is 4.79 Å². The molecule has 0 bridgehead atoms. The van der Waals surface area contributed by atoms with Gasteiger partial charge in [-0.05, 0) is 18.8 Å². The third-order valence-electron chi connectivity index (χ3n) is 3.16. The van der Waals surface area contributed by atoms with Crippen molar-refractivity contribution in [3.05, 3.63) is 21.6 Å². The van der Waals surface area contributed by atoms with E-state index in [0.717, 1.165) is 13.1 Å². The monoisotopic (exact) mass is 284 g/mol. The molecule has 1 N–H and O–H groups in total. The van der Waals surface area contributed by atoms with E-state index in [2.05, 4.69) is 15.5 Å². The molecule has 0 unspecified atom stereocenters. The van der Waals surface area contributed by atoms with Crippen molar-refractivity contribution < 1.29 is 0 Å². The van der Waals surface area contributed by atoms with E-state index in [1.165, 1.54) is 23.9 Å². The Morgan fingerprint density at radius 3 is 2.68 bits per heavy atom. The first kappa shape index (κ1) is 14.3. The highest BCUT2D eigenvalue weighted by Crippen LogP contribution is 2.18. The fourth-order valence-corrected chi connectivity index (χ4v) is 2.38. The summed E-state index contributed by atoms with van der Waals surface area (Å²) in [6, 6.07) is 0. The Bertz CT molecular complexity index is 480. The molecular weight excluding hydrogens is 264 g/mol. The minimum atomic E-state index is -0.225. The van der Waals surface area contributed by atoms with Gasteiger partial charge in [0.1, 0.15) is 5.02 Å². The Hall–Kier alpha value is -1.07. The predicted molar refractivity (Wildman–Crippen MR) is 77.4 cm³/mol. The second-order valence-corrected chi connectivity index (χ2v) is 5.79. The van der Waals surface area contributed by atoms with Gasteiger partial charge in [-0.25, -0.2) is 9.69 Å². The normalized spacial score (nSPS) is 16.8. The Balaban J connectivity index is 2.13. The molecule has 1 fully saturated rings. The molecule has 0 radical (unpaired) electrons. The molecule has 19 heavy (non-hydrogen) atoms. The summed E-state index contributed by atoms with van der Waals surface area (Å²) in [7, 11) is 0. The molecule has 6 heteroatoms. The van der Waals surface area contributed by atoms with Crippen LogP contribution in [0.25, 0.3) is 0 Å². The fraction of sp³-hybridized carbons (Fsp3) is 0.692. The SMILES string of the molecule is CC(C)Cn1ncc(NN2CCCCC2)c(Cl)c1=O. The summed E-state index contributed by atoms with van der Waals surface area (Å²) in [6.45, 7) is 6.63. The number of hydrazine groups is 1. The molecule has 1 aliphatic rings. The molecule has 2 rings (SSSR count). The van der Waals surface area contributed by atoms with Crippen LogP contribution in [0.3, 0.4) is 0 Å². The van der Waals surface area contributed by atoms with E-state index in [4.69, 9.17) is 11.6 Å². The van der Waals surface area contributed by atoms with Crippen molar-refractivity contribution in [2.45, 2.75) is 39.7 Å². The molecule has 0 aliphatic carbocycles. The van der Waals surface area contributed by atoms with Gasteiger partial charge in [0.25, 0.3) is 5.56 Å². The highest BCUT2D eigenvalue weighted by molar-refractivity contribution is 6.32. The molecule has 1 aliphatic heterocycles. The zero-order chi connectivity index (χ0) is 13.8. The van der Waals surface area contributed by atoms with E-state index < -0.39 is 0 Å². The van der Waals surface area contributed by atoms with Crippen LogP contribution in [0.5, 0.6) is 0 Å². The second kappa shape index (κ2) is 6.39. The standard InChI is InChI=1S/C13H21ClN4O/c1-10(2)9-18-13(19)12(14)11(8-15-18)16-17-6-4-3-5-7-17/h8,10,16H,3-7,9H2,1-2H3. The van der Waals surface area contributed by atoms with Crippen LogP contribution in [-0.2, 0) is 6.54 Å². The van der Waals surface area contributed by atoms with Gasteiger partial charge in [-0.2, -0.15) is 5.10 Å². The number of hydrogen-bond acceptors (Lipinski definition) is 4. The third-order valence-corrected chi connectivity index (χ3v) is 3.52. The summed E-state index contributed by atoms with van der Waals surface area (Å²) in [5.74, 6) is 0.363. The van der Waals surface area contributed by atoms with Crippen LogP contribution in [0, 0.1) is 5.92 Å². The molecule has 2 heterocycles. The number of nitrogens with zero attached hydrogens (tertiary/aromatic N) is 3. The lowest BCUT2D eigenvalue weighted by Gasteiger charge is -2.28. The molecule has 106 valence electrons. The molecule has 0 aromatic carbocycles. The van der Waals surface area contributed by atoms with Crippen molar-refractivity contribution in [1.82, 2.24) is 14.8 Å². The maximum Gasteiger partial charge on any atom is 0.287 e. The first-order valence-electron chi connectivity index (χ1n) is 6.85. The Labute approximate surface area is 118 Å². The number of nitrogens with one attached hydrogen (secondary N) is 1. The summed E-state index contributed by atoms with van der Waals surface area (Å²) < 4.78 is 1.42. The van der Waals surface area contributed by atoms with E-state index in [1.807, 2.05) is 13.8 Å². The maximum atomic E-state index is 12.1. The van der Waals surface area contributed by atoms with Crippen LogP contribution < -0.4 is 11.0 Å². The predicted octanol–water partition coefficient (Wildman–Crippen LogP) is 2.37. The molecule has 0 amide bonds. The number of anilines is 1. The number of hydrogen-bond donors (Lipinski definition) is 1. The third kappa shape index (κ3) is 3.70. The largest absolute Gasteiger partial charge is 0.316 e. The van der Waals surface area contributed by atoms with E-state index in [-0.39, 0.29) is 10.6 Å². The molecule has 1 aromatic rings. The first-order valence-corrected chi connectivity index (χ1v) is 7.23. The van der Waals surface area contributed by atoms with Crippen LogP contribution in [0.2, 0.25) is 5.02 Å². The molecular formula is C13H21ClN4O. The Kier molecular flexibility index (Phi) is 4.82. The minimum Gasteiger partial charge on any atom is -0.316 e. The quantitative estimate of drug-likeness (QED) is 0.922. The van der Waals surface area contributed by atoms with Crippen LogP contribution in [0.15, 0.2) is 11.0 Å². The van der Waals surface area contributed by atoms with Gasteiger partial charge in [0, 0.05) is 19.6 Å². The first-order chi connectivity index (χ1) is 9.08. The summed E-state index contributed by atoms with van der Waals surface area (Å²) in [5.41, 5.74) is 3.58. The lowest BCUT2D eigenvalue weighted by Crippen LogP contribution is -2.36. The molecule has 0 atom stereocenters. The minimum absolute atomic E-state index is 0.223. The highest BCUT2D eigenvalue weighted by Gasteiger charge is 2.14. The summed E-state index contributed by atoms with van der Waals surface area (Å²) in [5, 5.41) is 6.49. The average molecular weight is 285 g/mol. The molecule has 1 saturated heterocycles. The van der Waals surface area contributed by atoms with Gasteiger partial charge in [-0.15, -0.1) is 0 Å². The van der Waals surface area contributed by atoms with Crippen molar-refractivity contribution in [3.8, 4) is 0 Å². The smallest absolute Gasteiger partial charge is 0.287 e. The second-order valence-electron chi connectivity index (χ2n) is 5.41. The zero-order valence-electron chi connectivity index (χ0n) is 11.5. The number of piperidine rings is 1. The van der Waals surface area contributed by atoms with Gasteiger partial charge in [0.05, 0.1) is 11.9 Å². The van der Waals surface area contributed by atoms with Crippen molar-refractivity contribution in [2.24, 2.45) is 5.92 Å². The molecule has 1 aromatic heterocycles. The van der Waals surface area contributed by atoms with Crippen molar-refractivity contribution in [3.63, 3.8) is 0 Å². The molecule has 5 nitrogen and oxygen atoms in total. The van der Waals surface area contributed by atoms with E-state index >= 15 is 0 Å². The van der Waals surface area contributed by atoms with E-state index in [1.54, 1.807) is 6.20 Å². The summed E-state index contributed by atoms with van der Waals surface area (Å²) in [6.07, 6.45) is 5.24. The number of rotatable bonds is 4. The van der Waals surface area contributed by atoms with Crippen molar-refractivity contribution >= 4 is 17.3 Å². The van der Waals surface area contributed by atoms with Crippen molar-refractivity contribution in [1.29, 1.82) is 0 Å². The lowest BCUT2D eigenvalue weighted by molar-refractivity contribution is 0.273. The van der Waals surface area contributed by atoms with Gasteiger partial charge in [-0.1, -0.05) is 31.9 Å². The fourth-order valence-electron chi connectivity index (χ4n) is 2.19. The van der Waals surface area contributed by atoms with Crippen LogP contribution in [-0.4, -0.2) is 27.9 Å². The van der Waals surface area contributed by atoms with Gasteiger partial charge >= 0.3 is 0 Å². The highest BCUT2D eigenvalue weighted by atomic mass is 35.5. The summed E-state index contributed by atoms with van der Waals surface area (Å²) >= 11 is 6.14. The van der Waals surface area contributed by atoms with Crippen molar-refractivity contribution in [2.75, 3.05) is 18.5 Å². The maximum absolute atomic E-state index is 12.1. The molecule has 0 saturated carbocycles. The Morgan fingerprint density at radius 1 is 1.37 bits per heavy atom. The van der Waals surface area contributed by atoms with Gasteiger partial charge < -0.3 is 5.43 Å². The van der Waals surface area contributed by atoms with E-state index in [0.29, 0.717) is 18.2 Å². The van der Waals surface area contributed by atoms with Crippen LogP contribution in [0.1, 0.15) is 33.1 Å². The van der Waals surface area contributed by atoms with E-state index in [9.17, 15) is 4.79 Å². The molecule has 0 spiro atoms. The van der Waals surface area contributed by atoms with Crippen LogP contribution >= 0.6 is 11.6 Å². The van der Waals surface area contributed by atoms with Gasteiger partial charge in [0.2, 0.25) is 0 Å². The van der Waals surface area contributed by atoms with Crippen LogP contribution in [0.4, 0.5) is 5.69 Å². The zero-order valence-corrected chi connectivity index (χ0v) is 12.3. The summed E-state index contributed by atoms with van der Waals surface area (Å²) in [4.78, 5) is 12.1. The topological polar surface area (TPSA) is 50.2 Å². The number of aromatic nitrogens is 2. The number of halogens is 1.